The van der Waals surface area contributed by atoms with Crippen molar-refractivity contribution in [3.63, 3.8) is 0 Å². The Hall–Kier alpha value is -2.55. The lowest BCUT2D eigenvalue weighted by atomic mass is 10.1. The molecular weight excluding hydrogens is 400 g/mol. The number of anilines is 1. The van der Waals surface area contributed by atoms with Gasteiger partial charge in [-0.1, -0.05) is 29.5 Å². The standard InChI is InChI=1S/C19H20N4O3S.ClH/c1-21(2)11-6-12-22(19-20-16-9-3-4-10-17(16)27-19)18(24)14-7-5-8-15(13-14)23(25)26;/h3-5,7-10,13H,6,11-12H2,1-2H3;1H. The highest BCUT2D eigenvalue weighted by Crippen LogP contribution is 2.30. The predicted octanol–water partition coefficient (Wildman–Crippen LogP) is 4.22. The molecule has 0 fully saturated rings. The van der Waals surface area contributed by atoms with E-state index in [-0.39, 0.29) is 29.6 Å². The summed E-state index contributed by atoms with van der Waals surface area (Å²) in [4.78, 5) is 31.9. The molecule has 0 saturated carbocycles. The number of hydrogen-bond donors (Lipinski definition) is 0. The Kier molecular flexibility index (Phi) is 7.45. The SMILES string of the molecule is CN(C)CCCN(C(=O)c1cccc([N+](=O)[O-])c1)c1nc2ccccc2s1.Cl. The number of nitrogens with zero attached hydrogens (tertiary/aromatic N) is 4. The zero-order valence-corrected chi connectivity index (χ0v) is 17.2. The van der Waals surface area contributed by atoms with E-state index in [0.717, 1.165) is 23.2 Å². The lowest BCUT2D eigenvalue weighted by Gasteiger charge is -2.21. The van der Waals surface area contributed by atoms with Crippen LogP contribution in [-0.2, 0) is 0 Å². The Balaban J connectivity index is 0.00000280. The normalized spacial score (nSPS) is 10.7. The smallest absolute Gasteiger partial charge is 0.270 e. The molecule has 0 aliphatic rings. The van der Waals surface area contributed by atoms with Gasteiger partial charge in [0.1, 0.15) is 0 Å². The van der Waals surface area contributed by atoms with Crippen molar-refractivity contribution in [1.82, 2.24) is 9.88 Å². The third kappa shape index (κ3) is 5.03. The number of aromatic nitrogens is 1. The molecule has 1 aromatic heterocycles. The van der Waals surface area contributed by atoms with Crippen molar-refractivity contribution in [1.29, 1.82) is 0 Å². The van der Waals surface area contributed by atoms with E-state index in [1.165, 1.54) is 29.5 Å². The zero-order chi connectivity index (χ0) is 19.4. The van der Waals surface area contributed by atoms with Gasteiger partial charge in [-0.2, -0.15) is 0 Å². The number of nitro groups is 1. The van der Waals surface area contributed by atoms with Crippen LogP contribution in [0, 0.1) is 10.1 Å². The van der Waals surface area contributed by atoms with Crippen LogP contribution >= 0.6 is 23.7 Å². The van der Waals surface area contributed by atoms with Crippen molar-refractivity contribution in [2.24, 2.45) is 0 Å². The summed E-state index contributed by atoms with van der Waals surface area (Å²) in [7, 11) is 3.95. The molecule has 0 bridgehead atoms. The maximum Gasteiger partial charge on any atom is 0.270 e. The average molecular weight is 421 g/mol. The number of carbonyl (C=O) groups is 1. The Labute approximate surface area is 173 Å². The monoisotopic (exact) mass is 420 g/mol. The molecule has 0 atom stereocenters. The minimum atomic E-state index is -0.495. The van der Waals surface area contributed by atoms with Crippen molar-refractivity contribution in [2.45, 2.75) is 6.42 Å². The van der Waals surface area contributed by atoms with Crippen molar-refractivity contribution >= 4 is 50.7 Å². The van der Waals surface area contributed by atoms with Gasteiger partial charge in [0.2, 0.25) is 0 Å². The first-order valence-electron chi connectivity index (χ1n) is 8.52. The van der Waals surface area contributed by atoms with E-state index in [2.05, 4.69) is 4.98 Å². The minimum absolute atomic E-state index is 0. The first kappa shape index (κ1) is 21.7. The van der Waals surface area contributed by atoms with Gasteiger partial charge in [0.25, 0.3) is 11.6 Å². The van der Waals surface area contributed by atoms with E-state index in [1.807, 2.05) is 43.3 Å². The average Bonchev–Trinajstić information content (AvgIpc) is 3.08. The van der Waals surface area contributed by atoms with Gasteiger partial charge in [-0.15, -0.1) is 12.4 Å². The van der Waals surface area contributed by atoms with Crippen molar-refractivity contribution in [3.8, 4) is 0 Å². The van der Waals surface area contributed by atoms with Crippen LogP contribution in [0.25, 0.3) is 10.2 Å². The summed E-state index contributed by atoms with van der Waals surface area (Å²) in [5, 5.41) is 11.6. The number of fused-ring (bicyclic) bond motifs is 1. The third-order valence-electron chi connectivity index (χ3n) is 4.05. The van der Waals surface area contributed by atoms with E-state index in [0.29, 0.717) is 11.7 Å². The van der Waals surface area contributed by atoms with E-state index < -0.39 is 4.92 Å². The summed E-state index contributed by atoms with van der Waals surface area (Å²) in [6, 6.07) is 13.5. The number of halogens is 1. The molecule has 0 unspecified atom stereocenters. The number of amides is 1. The molecule has 2 aromatic carbocycles. The second kappa shape index (κ2) is 9.59. The molecule has 3 rings (SSSR count). The number of benzene rings is 2. The van der Waals surface area contributed by atoms with Gasteiger partial charge >= 0.3 is 0 Å². The number of rotatable bonds is 7. The van der Waals surface area contributed by atoms with Crippen molar-refractivity contribution in [2.75, 3.05) is 32.1 Å². The molecule has 7 nitrogen and oxygen atoms in total. The first-order chi connectivity index (χ1) is 13.0. The van der Waals surface area contributed by atoms with Gasteiger partial charge < -0.3 is 4.90 Å². The summed E-state index contributed by atoms with van der Waals surface area (Å²) < 4.78 is 0.997. The predicted molar refractivity (Wildman–Crippen MR) is 115 cm³/mol. The molecule has 0 N–H and O–H groups in total. The lowest BCUT2D eigenvalue weighted by Crippen LogP contribution is -2.33. The summed E-state index contributed by atoms with van der Waals surface area (Å²) in [6.07, 6.45) is 0.767. The van der Waals surface area contributed by atoms with Crippen LogP contribution < -0.4 is 4.90 Å². The van der Waals surface area contributed by atoms with Gasteiger partial charge in [-0.25, -0.2) is 4.98 Å². The molecule has 3 aromatic rings. The maximum absolute atomic E-state index is 13.1. The highest BCUT2D eigenvalue weighted by molar-refractivity contribution is 7.22. The van der Waals surface area contributed by atoms with E-state index in [1.54, 1.807) is 11.0 Å². The molecule has 148 valence electrons. The Morgan fingerprint density at radius 1 is 1.14 bits per heavy atom. The first-order valence-corrected chi connectivity index (χ1v) is 9.34. The molecule has 0 aliphatic carbocycles. The van der Waals surface area contributed by atoms with Crippen LogP contribution in [0.15, 0.2) is 48.5 Å². The molecule has 1 heterocycles. The topological polar surface area (TPSA) is 79.6 Å². The Bertz CT molecular complexity index is 943. The second-order valence-corrected chi connectivity index (χ2v) is 7.39. The zero-order valence-electron chi connectivity index (χ0n) is 15.6. The van der Waals surface area contributed by atoms with E-state index in [9.17, 15) is 14.9 Å². The van der Waals surface area contributed by atoms with Crippen molar-refractivity contribution < 1.29 is 9.72 Å². The Morgan fingerprint density at radius 3 is 2.57 bits per heavy atom. The maximum atomic E-state index is 13.1. The number of hydrogen-bond acceptors (Lipinski definition) is 6. The largest absolute Gasteiger partial charge is 0.309 e. The van der Waals surface area contributed by atoms with Crippen LogP contribution in [-0.4, -0.2) is 47.9 Å². The fourth-order valence-corrected chi connectivity index (χ4v) is 3.70. The summed E-state index contributed by atoms with van der Waals surface area (Å²) in [6.45, 7) is 1.31. The van der Waals surface area contributed by atoms with Crippen LogP contribution in [0.1, 0.15) is 16.8 Å². The van der Waals surface area contributed by atoms with Crippen LogP contribution in [0.2, 0.25) is 0 Å². The number of non-ortho nitro benzene ring substituents is 1. The van der Waals surface area contributed by atoms with Crippen LogP contribution in [0.4, 0.5) is 10.8 Å². The quantitative estimate of drug-likeness (QED) is 0.422. The molecule has 28 heavy (non-hydrogen) atoms. The summed E-state index contributed by atoms with van der Waals surface area (Å²) in [5.74, 6) is -0.281. The Morgan fingerprint density at radius 2 is 1.89 bits per heavy atom. The van der Waals surface area contributed by atoms with Gasteiger partial charge in [-0.05, 0) is 45.3 Å². The molecule has 0 aliphatic heterocycles. The summed E-state index contributed by atoms with van der Waals surface area (Å²) >= 11 is 1.44. The molecule has 0 saturated heterocycles. The van der Waals surface area contributed by atoms with Crippen LogP contribution in [0.5, 0.6) is 0 Å². The van der Waals surface area contributed by atoms with Gasteiger partial charge in [0, 0.05) is 24.2 Å². The highest BCUT2D eigenvalue weighted by atomic mass is 35.5. The summed E-state index contributed by atoms with van der Waals surface area (Å²) in [5.41, 5.74) is 1.02. The van der Waals surface area contributed by atoms with Gasteiger partial charge in [0.15, 0.2) is 5.13 Å². The van der Waals surface area contributed by atoms with Gasteiger partial charge in [0.05, 0.1) is 15.1 Å². The third-order valence-corrected chi connectivity index (χ3v) is 5.11. The second-order valence-electron chi connectivity index (χ2n) is 6.39. The van der Waals surface area contributed by atoms with Crippen LogP contribution in [0.3, 0.4) is 0 Å². The molecule has 9 heteroatoms. The lowest BCUT2D eigenvalue weighted by molar-refractivity contribution is -0.384. The number of thiazole rings is 1. The van der Waals surface area contributed by atoms with E-state index >= 15 is 0 Å². The number of carbonyl (C=O) groups excluding carboxylic acids is 1. The fourth-order valence-electron chi connectivity index (χ4n) is 2.71. The molecule has 0 spiro atoms. The number of nitro benzene ring substituents is 1. The molecule has 0 radical (unpaired) electrons. The van der Waals surface area contributed by atoms with Crippen molar-refractivity contribution in [3.05, 3.63) is 64.2 Å². The number of para-hydroxylation sites is 1. The highest BCUT2D eigenvalue weighted by Gasteiger charge is 2.22. The van der Waals surface area contributed by atoms with E-state index in [4.69, 9.17) is 0 Å². The van der Waals surface area contributed by atoms with Gasteiger partial charge in [-0.3, -0.25) is 19.8 Å². The fraction of sp³-hybridized carbons (Fsp3) is 0.263. The molecule has 1 amide bonds. The minimum Gasteiger partial charge on any atom is -0.309 e. The molecular formula is C19H21ClN4O3S.